The molecule has 0 unspecified atom stereocenters. The Labute approximate surface area is 174 Å². The van der Waals surface area contributed by atoms with Crippen molar-refractivity contribution in [2.24, 2.45) is 0 Å². The standard InChI is InChI=1S/C20H23N3O4S2/c1-26-15-9-14(10-16(11-15)27-2)13-29(24,25)19-12-17-18(28-19)3-4-22-20(17)23-7-5-21-6-8-23/h3-4,9-12,21H,5-8,13H2,1-2H3. The maximum absolute atomic E-state index is 13.1. The van der Waals surface area contributed by atoms with Crippen molar-refractivity contribution in [1.82, 2.24) is 10.3 Å². The van der Waals surface area contributed by atoms with E-state index in [-0.39, 0.29) is 5.75 Å². The minimum Gasteiger partial charge on any atom is -0.497 e. The number of thiophene rings is 1. The zero-order valence-corrected chi connectivity index (χ0v) is 18.0. The summed E-state index contributed by atoms with van der Waals surface area (Å²) in [7, 11) is -0.433. The molecule has 0 saturated carbocycles. The van der Waals surface area contributed by atoms with Gasteiger partial charge in [0.1, 0.15) is 21.5 Å². The number of fused-ring (bicyclic) bond motifs is 1. The quantitative estimate of drug-likeness (QED) is 0.640. The summed E-state index contributed by atoms with van der Waals surface area (Å²) in [4.78, 5) is 6.74. The number of ether oxygens (including phenoxy) is 2. The molecule has 1 saturated heterocycles. The average Bonchev–Trinajstić information content (AvgIpc) is 3.19. The summed E-state index contributed by atoms with van der Waals surface area (Å²) in [6.45, 7) is 3.50. The first-order valence-corrected chi connectivity index (χ1v) is 11.8. The van der Waals surface area contributed by atoms with Gasteiger partial charge in [-0.05, 0) is 29.8 Å². The molecule has 1 aliphatic heterocycles. The minimum atomic E-state index is -3.52. The van der Waals surface area contributed by atoms with Crippen LogP contribution in [0.25, 0.3) is 10.1 Å². The number of rotatable bonds is 6. The average molecular weight is 434 g/mol. The summed E-state index contributed by atoms with van der Waals surface area (Å²) in [5.41, 5.74) is 0.624. The van der Waals surface area contributed by atoms with Gasteiger partial charge >= 0.3 is 0 Å². The molecule has 1 aromatic carbocycles. The molecule has 0 radical (unpaired) electrons. The van der Waals surface area contributed by atoms with Gasteiger partial charge < -0.3 is 19.7 Å². The van der Waals surface area contributed by atoms with E-state index >= 15 is 0 Å². The number of pyridine rings is 1. The van der Waals surface area contributed by atoms with E-state index in [1.54, 1.807) is 44.7 Å². The number of methoxy groups -OCH3 is 2. The van der Waals surface area contributed by atoms with Crippen LogP contribution in [-0.4, -0.2) is 53.8 Å². The highest BCUT2D eigenvalue weighted by molar-refractivity contribution is 7.92. The lowest BCUT2D eigenvalue weighted by atomic mass is 10.2. The molecule has 4 rings (SSSR count). The number of nitrogens with zero attached hydrogens (tertiary/aromatic N) is 2. The predicted octanol–water partition coefficient (Wildman–Crippen LogP) is 2.70. The highest BCUT2D eigenvalue weighted by Gasteiger charge is 2.22. The summed E-state index contributed by atoms with van der Waals surface area (Å²) in [5, 5.41) is 4.21. The van der Waals surface area contributed by atoms with E-state index < -0.39 is 9.84 Å². The van der Waals surface area contributed by atoms with Crippen molar-refractivity contribution in [2.45, 2.75) is 9.96 Å². The smallest absolute Gasteiger partial charge is 0.191 e. The molecule has 0 atom stereocenters. The molecule has 1 N–H and O–H groups in total. The lowest BCUT2D eigenvalue weighted by molar-refractivity contribution is 0.393. The second kappa shape index (κ2) is 8.17. The Balaban J connectivity index is 1.68. The van der Waals surface area contributed by atoms with Crippen molar-refractivity contribution in [1.29, 1.82) is 0 Å². The van der Waals surface area contributed by atoms with Crippen LogP contribution in [0.4, 0.5) is 5.82 Å². The molecule has 154 valence electrons. The molecule has 0 amide bonds. The van der Waals surface area contributed by atoms with Crippen molar-refractivity contribution in [3.8, 4) is 11.5 Å². The van der Waals surface area contributed by atoms with Crippen LogP contribution in [0.3, 0.4) is 0 Å². The van der Waals surface area contributed by atoms with Gasteiger partial charge in [0, 0.05) is 48.5 Å². The van der Waals surface area contributed by atoms with Crippen molar-refractivity contribution >= 4 is 37.1 Å². The Morgan fingerprint density at radius 2 is 1.79 bits per heavy atom. The molecule has 3 aromatic rings. The van der Waals surface area contributed by atoms with E-state index in [4.69, 9.17) is 9.47 Å². The maximum atomic E-state index is 13.1. The number of piperazine rings is 1. The van der Waals surface area contributed by atoms with Crippen molar-refractivity contribution < 1.29 is 17.9 Å². The summed E-state index contributed by atoms with van der Waals surface area (Å²) in [5.74, 6) is 1.86. The molecule has 1 fully saturated rings. The fourth-order valence-electron chi connectivity index (χ4n) is 3.45. The summed E-state index contributed by atoms with van der Waals surface area (Å²) >= 11 is 1.29. The van der Waals surface area contributed by atoms with Crippen molar-refractivity contribution in [3.63, 3.8) is 0 Å². The van der Waals surface area contributed by atoms with Gasteiger partial charge in [-0.3, -0.25) is 0 Å². The first-order valence-electron chi connectivity index (χ1n) is 9.29. The van der Waals surface area contributed by atoms with Crippen LogP contribution in [0.1, 0.15) is 5.56 Å². The molecule has 2 aromatic heterocycles. The van der Waals surface area contributed by atoms with E-state index in [0.717, 1.165) is 42.1 Å². The number of anilines is 1. The zero-order chi connectivity index (χ0) is 20.4. The first-order chi connectivity index (χ1) is 14.0. The number of nitrogens with one attached hydrogen (secondary N) is 1. The third-order valence-corrected chi connectivity index (χ3v) is 8.24. The minimum absolute atomic E-state index is 0.121. The van der Waals surface area contributed by atoms with Crippen LogP contribution < -0.4 is 19.7 Å². The number of aromatic nitrogens is 1. The van der Waals surface area contributed by atoms with Crippen molar-refractivity contribution in [3.05, 3.63) is 42.1 Å². The Morgan fingerprint density at radius 1 is 1.10 bits per heavy atom. The van der Waals surface area contributed by atoms with Gasteiger partial charge in [0.25, 0.3) is 0 Å². The predicted molar refractivity (Wildman–Crippen MR) is 115 cm³/mol. The molecule has 29 heavy (non-hydrogen) atoms. The molecule has 0 spiro atoms. The highest BCUT2D eigenvalue weighted by Crippen LogP contribution is 2.36. The lowest BCUT2D eigenvalue weighted by Gasteiger charge is -2.28. The first kappa shape index (κ1) is 19.9. The lowest BCUT2D eigenvalue weighted by Crippen LogP contribution is -2.43. The van der Waals surface area contributed by atoms with E-state index in [9.17, 15) is 8.42 Å². The summed E-state index contributed by atoms with van der Waals surface area (Å²) in [6, 6.07) is 8.81. The second-order valence-electron chi connectivity index (χ2n) is 6.83. The van der Waals surface area contributed by atoms with Crippen LogP contribution in [0.15, 0.2) is 40.7 Å². The SMILES string of the molecule is COc1cc(CS(=O)(=O)c2cc3c(N4CCNCC4)nccc3s2)cc(OC)c1. The largest absolute Gasteiger partial charge is 0.497 e. The molecular weight excluding hydrogens is 410 g/mol. The summed E-state index contributed by atoms with van der Waals surface area (Å²) < 4.78 is 38.1. The van der Waals surface area contributed by atoms with Gasteiger partial charge in [0.15, 0.2) is 9.84 Å². The van der Waals surface area contributed by atoms with E-state index in [1.165, 1.54) is 11.3 Å². The third kappa shape index (κ3) is 4.17. The number of hydrogen-bond donors (Lipinski definition) is 1. The Hall–Kier alpha value is -2.36. The zero-order valence-electron chi connectivity index (χ0n) is 16.3. The Morgan fingerprint density at radius 3 is 2.45 bits per heavy atom. The summed E-state index contributed by atoms with van der Waals surface area (Å²) in [6.07, 6.45) is 1.75. The molecule has 9 heteroatoms. The fraction of sp³-hybridized carbons (Fsp3) is 0.350. The van der Waals surface area contributed by atoms with Gasteiger partial charge in [0.2, 0.25) is 0 Å². The molecule has 0 bridgehead atoms. The second-order valence-corrected chi connectivity index (χ2v) is 10.1. The van der Waals surface area contributed by atoms with Gasteiger partial charge in [0.05, 0.1) is 20.0 Å². The van der Waals surface area contributed by atoms with Gasteiger partial charge in [-0.25, -0.2) is 13.4 Å². The van der Waals surface area contributed by atoms with Crippen LogP contribution in [0.5, 0.6) is 11.5 Å². The van der Waals surface area contributed by atoms with Gasteiger partial charge in [-0.15, -0.1) is 11.3 Å². The van der Waals surface area contributed by atoms with E-state index in [0.29, 0.717) is 21.3 Å². The highest BCUT2D eigenvalue weighted by atomic mass is 32.2. The number of hydrogen-bond acceptors (Lipinski definition) is 8. The van der Waals surface area contributed by atoms with Crippen LogP contribution in [0.2, 0.25) is 0 Å². The molecule has 7 nitrogen and oxygen atoms in total. The third-order valence-electron chi connectivity index (χ3n) is 4.89. The van der Waals surface area contributed by atoms with Crippen LogP contribution in [-0.2, 0) is 15.6 Å². The van der Waals surface area contributed by atoms with Crippen LogP contribution in [0, 0.1) is 0 Å². The molecule has 1 aliphatic rings. The molecule has 3 heterocycles. The van der Waals surface area contributed by atoms with E-state index in [2.05, 4.69) is 15.2 Å². The Bertz CT molecular complexity index is 1100. The fourth-order valence-corrected chi connectivity index (χ4v) is 6.23. The topological polar surface area (TPSA) is 80.8 Å². The monoisotopic (exact) mass is 433 g/mol. The Kier molecular flexibility index (Phi) is 5.62. The van der Waals surface area contributed by atoms with E-state index in [1.807, 2.05) is 6.07 Å². The normalized spacial score (nSPS) is 14.9. The molecular formula is C20H23N3O4S2. The molecule has 0 aliphatic carbocycles. The number of benzene rings is 1. The van der Waals surface area contributed by atoms with Gasteiger partial charge in [-0.2, -0.15) is 0 Å². The van der Waals surface area contributed by atoms with Gasteiger partial charge in [-0.1, -0.05) is 0 Å². The van der Waals surface area contributed by atoms with Crippen LogP contribution >= 0.6 is 11.3 Å². The van der Waals surface area contributed by atoms with Crippen molar-refractivity contribution in [2.75, 3.05) is 45.3 Å². The maximum Gasteiger partial charge on any atom is 0.191 e. The number of sulfone groups is 1.